The molecule has 0 bridgehead atoms. The first-order valence-corrected chi connectivity index (χ1v) is 6.08. The van der Waals surface area contributed by atoms with Crippen LogP contribution in [0, 0.1) is 0 Å². The molecule has 1 aromatic heterocycles. The summed E-state index contributed by atoms with van der Waals surface area (Å²) in [6, 6.07) is 3.10. The van der Waals surface area contributed by atoms with E-state index in [1.807, 2.05) is 13.8 Å². The van der Waals surface area contributed by atoms with Gasteiger partial charge in [-0.2, -0.15) is 0 Å². The van der Waals surface area contributed by atoms with Crippen LogP contribution in [-0.2, 0) is 11.8 Å². The molecule has 2 heterocycles. The normalized spacial score (nSPS) is 24.1. The minimum absolute atomic E-state index is 0.0386. The molecule has 1 fully saturated rings. The van der Waals surface area contributed by atoms with Gasteiger partial charge < -0.3 is 14.2 Å². The van der Waals surface area contributed by atoms with E-state index in [1.54, 1.807) is 24.2 Å². The molecule has 2 rings (SSSR count). The monoisotopic (exact) mass is 250 g/mol. The van der Waals surface area contributed by atoms with Gasteiger partial charge in [0, 0.05) is 31.4 Å². The SMILES string of the molecule is CC1CN(C(=O)c2ccn(C)c(=O)c2)C(C)CO1. The number of aryl methyl sites for hydroxylation is 1. The number of nitrogens with zero attached hydrogens (tertiary/aromatic N) is 2. The van der Waals surface area contributed by atoms with E-state index in [-0.39, 0.29) is 23.6 Å². The number of pyridine rings is 1. The van der Waals surface area contributed by atoms with Gasteiger partial charge in [0.2, 0.25) is 0 Å². The Morgan fingerprint density at radius 2 is 2.17 bits per heavy atom. The van der Waals surface area contributed by atoms with Crippen molar-refractivity contribution in [2.45, 2.75) is 26.0 Å². The van der Waals surface area contributed by atoms with Gasteiger partial charge in [-0.05, 0) is 19.9 Å². The van der Waals surface area contributed by atoms with Crippen LogP contribution in [0.3, 0.4) is 0 Å². The molecule has 1 aliphatic heterocycles. The molecule has 0 radical (unpaired) electrons. The molecule has 2 atom stereocenters. The summed E-state index contributed by atoms with van der Waals surface area (Å²) < 4.78 is 6.94. The molecule has 2 unspecified atom stereocenters. The average molecular weight is 250 g/mol. The van der Waals surface area contributed by atoms with Crippen molar-refractivity contribution in [3.8, 4) is 0 Å². The molecule has 98 valence electrons. The molecular formula is C13H18N2O3. The van der Waals surface area contributed by atoms with E-state index in [9.17, 15) is 9.59 Å². The zero-order chi connectivity index (χ0) is 13.3. The Morgan fingerprint density at radius 3 is 2.83 bits per heavy atom. The summed E-state index contributed by atoms with van der Waals surface area (Å²) in [6.45, 7) is 4.99. The summed E-state index contributed by atoms with van der Waals surface area (Å²) in [6.07, 6.45) is 1.65. The fraction of sp³-hybridized carbons (Fsp3) is 0.538. The Kier molecular flexibility index (Phi) is 3.52. The highest BCUT2D eigenvalue weighted by molar-refractivity contribution is 5.94. The largest absolute Gasteiger partial charge is 0.375 e. The third kappa shape index (κ3) is 2.46. The van der Waals surface area contributed by atoms with Gasteiger partial charge in [0.1, 0.15) is 0 Å². The summed E-state index contributed by atoms with van der Waals surface area (Å²) in [5.41, 5.74) is 0.272. The zero-order valence-electron chi connectivity index (χ0n) is 10.9. The van der Waals surface area contributed by atoms with E-state index in [0.29, 0.717) is 18.7 Å². The summed E-state index contributed by atoms with van der Waals surface area (Å²) in [5.74, 6) is -0.102. The summed E-state index contributed by atoms with van der Waals surface area (Å²) in [7, 11) is 1.66. The van der Waals surface area contributed by atoms with Crippen LogP contribution in [0.15, 0.2) is 23.1 Å². The van der Waals surface area contributed by atoms with Gasteiger partial charge in [-0.1, -0.05) is 0 Å². The van der Waals surface area contributed by atoms with E-state index >= 15 is 0 Å². The third-order valence-corrected chi connectivity index (χ3v) is 3.22. The van der Waals surface area contributed by atoms with Crippen LogP contribution in [0.2, 0.25) is 0 Å². The third-order valence-electron chi connectivity index (χ3n) is 3.22. The van der Waals surface area contributed by atoms with Crippen molar-refractivity contribution in [2.24, 2.45) is 7.05 Å². The topological polar surface area (TPSA) is 51.5 Å². The number of morpholine rings is 1. The van der Waals surface area contributed by atoms with Crippen molar-refractivity contribution in [2.75, 3.05) is 13.2 Å². The molecule has 0 aromatic carbocycles. The Morgan fingerprint density at radius 1 is 1.44 bits per heavy atom. The number of ether oxygens (including phenoxy) is 1. The van der Waals surface area contributed by atoms with Crippen LogP contribution in [0.1, 0.15) is 24.2 Å². The smallest absolute Gasteiger partial charge is 0.254 e. The van der Waals surface area contributed by atoms with Crippen molar-refractivity contribution < 1.29 is 9.53 Å². The lowest BCUT2D eigenvalue weighted by atomic mass is 10.1. The molecule has 18 heavy (non-hydrogen) atoms. The van der Waals surface area contributed by atoms with Gasteiger partial charge >= 0.3 is 0 Å². The summed E-state index contributed by atoms with van der Waals surface area (Å²) in [4.78, 5) is 25.6. The number of carbonyl (C=O) groups is 1. The zero-order valence-corrected chi connectivity index (χ0v) is 10.9. The molecule has 0 aliphatic carbocycles. The molecule has 1 aliphatic rings. The quantitative estimate of drug-likeness (QED) is 0.734. The molecule has 5 nitrogen and oxygen atoms in total. The van der Waals surface area contributed by atoms with E-state index in [4.69, 9.17) is 4.74 Å². The van der Waals surface area contributed by atoms with E-state index in [0.717, 1.165) is 0 Å². The minimum atomic E-state index is -0.171. The Bertz CT molecular complexity index is 509. The Balaban J connectivity index is 2.24. The number of amides is 1. The number of hydrogen-bond acceptors (Lipinski definition) is 3. The molecule has 1 aromatic rings. The molecule has 0 saturated carbocycles. The summed E-state index contributed by atoms with van der Waals surface area (Å²) >= 11 is 0. The fourth-order valence-corrected chi connectivity index (χ4v) is 2.03. The maximum Gasteiger partial charge on any atom is 0.254 e. The fourth-order valence-electron chi connectivity index (χ4n) is 2.03. The summed E-state index contributed by atoms with van der Waals surface area (Å²) in [5, 5.41) is 0. The number of carbonyl (C=O) groups excluding carboxylic acids is 1. The predicted molar refractivity (Wildman–Crippen MR) is 67.6 cm³/mol. The predicted octanol–water partition coefficient (Wildman–Crippen LogP) is 0.635. The van der Waals surface area contributed by atoms with Gasteiger partial charge in [-0.15, -0.1) is 0 Å². The van der Waals surface area contributed by atoms with Gasteiger partial charge in [-0.3, -0.25) is 9.59 Å². The maximum atomic E-state index is 12.3. The van der Waals surface area contributed by atoms with Crippen molar-refractivity contribution in [3.63, 3.8) is 0 Å². The van der Waals surface area contributed by atoms with Gasteiger partial charge in [-0.25, -0.2) is 0 Å². The number of rotatable bonds is 1. The van der Waals surface area contributed by atoms with Crippen LogP contribution in [0.5, 0.6) is 0 Å². The van der Waals surface area contributed by atoms with Crippen LogP contribution < -0.4 is 5.56 Å². The first-order valence-electron chi connectivity index (χ1n) is 6.08. The van der Waals surface area contributed by atoms with Crippen molar-refractivity contribution in [1.82, 2.24) is 9.47 Å². The lowest BCUT2D eigenvalue weighted by Gasteiger charge is -2.36. The molecule has 5 heteroatoms. The van der Waals surface area contributed by atoms with Crippen LogP contribution >= 0.6 is 0 Å². The minimum Gasteiger partial charge on any atom is -0.375 e. The maximum absolute atomic E-state index is 12.3. The molecule has 0 N–H and O–H groups in total. The first-order chi connectivity index (χ1) is 8.49. The van der Waals surface area contributed by atoms with Crippen molar-refractivity contribution >= 4 is 5.91 Å². The van der Waals surface area contributed by atoms with E-state index in [1.165, 1.54) is 10.6 Å². The van der Waals surface area contributed by atoms with E-state index in [2.05, 4.69) is 0 Å². The van der Waals surface area contributed by atoms with Crippen LogP contribution in [0.4, 0.5) is 0 Å². The van der Waals surface area contributed by atoms with Crippen molar-refractivity contribution in [1.29, 1.82) is 0 Å². The number of aromatic nitrogens is 1. The lowest BCUT2D eigenvalue weighted by Crippen LogP contribution is -2.50. The van der Waals surface area contributed by atoms with Gasteiger partial charge in [0.25, 0.3) is 11.5 Å². The molecule has 0 spiro atoms. The average Bonchev–Trinajstić information content (AvgIpc) is 2.35. The van der Waals surface area contributed by atoms with Gasteiger partial charge in [0.15, 0.2) is 0 Å². The van der Waals surface area contributed by atoms with Crippen LogP contribution in [-0.4, -0.2) is 40.7 Å². The second-order valence-corrected chi connectivity index (χ2v) is 4.82. The second-order valence-electron chi connectivity index (χ2n) is 4.82. The second kappa shape index (κ2) is 4.94. The standard InChI is InChI=1S/C13H18N2O3/c1-9-8-18-10(2)7-15(9)13(17)11-4-5-14(3)12(16)6-11/h4-6,9-10H,7-8H2,1-3H3. The molecular weight excluding hydrogens is 232 g/mol. The van der Waals surface area contributed by atoms with Crippen molar-refractivity contribution in [3.05, 3.63) is 34.2 Å². The Labute approximate surface area is 106 Å². The highest BCUT2D eigenvalue weighted by atomic mass is 16.5. The highest BCUT2D eigenvalue weighted by Crippen LogP contribution is 2.14. The van der Waals surface area contributed by atoms with Crippen LogP contribution in [0.25, 0.3) is 0 Å². The van der Waals surface area contributed by atoms with E-state index < -0.39 is 0 Å². The Hall–Kier alpha value is -1.62. The highest BCUT2D eigenvalue weighted by Gasteiger charge is 2.28. The van der Waals surface area contributed by atoms with Gasteiger partial charge in [0.05, 0.1) is 18.8 Å². The molecule has 1 saturated heterocycles. The molecule has 1 amide bonds. The lowest BCUT2D eigenvalue weighted by molar-refractivity contribution is -0.0387. The number of hydrogen-bond donors (Lipinski definition) is 0. The first kappa shape index (κ1) is 12.8.